The second-order valence-electron chi connectivity index (χ2n) is 4.81. The molecule has 0 saturated carbocycles. The summed E-state index contributed by atoms with van der Waals surface area (Å²) in [5.41, 5.74) is 1.21. The van der Waals surface area contributed by atoms with Gasteiger partial charge in [-0.15, -0.1) is 11.8 Å². The molecule has 0 spiro atoms. The SMILES string of the molecule is CCCCSc1ccc(C(=O)Oc2ccc(N=C=S)cc2)cc1. The molecule has 118 valence electrons. The van der Waals surface area contributed by atoms with Crippen LogP contribution in [0.3, 0.4) is 0 Å². The minimum absolute atomic E-state index is 0.374. The van der Waals surface area contributed by atoms with E-state index in [2.05, 4.69) is 29.3 Å². The Labute approximate surface area is 145 Å². The molecule has 0 fully saturated rings. The predicted molar refractivity (Wildman–Crippen MR) is 98.2 cm³/mol. The third kappa shape index (κ3) is 5.64. The third-order valence-electron chi connectivity index (χ3n) is 3.08. The van der Waals surface area contributed by atoms with E-state index < -0.39 is 0 Å². The summed E-state index contributed by atoms with van der Waals surface area (Å²) in [5.74, 6) is 1.19. The van der Waals surface area contributed by atoms with E-state index in [0.717, 1.165) is 10.6 Å². The number of hydrogen-bond acceptors (Lipinski definition) is 5. The number of esters is 1. The number of carbonyl (C=O) groups excluding carboxylic acids is 1. The Kier molecular flexibility index (Phi) is 7.01. The van der Waals surface area contributed by atoms with Crippen LogP contribution in [0.5, 0.6) is 5.75 Å². The lowest BCUT2D eigenvalue weighted by Crippen LogP contribution is -2.08. The molecule has 5 heteroatoms. The number of carbonyl (C=O) groups is 1. The Morgan fingerprint density at radius 2 is 1.87 bits per heavy atom. The van der Waals surface area contributed by atoms with Gasteiger partial charge in [0.1, 0.15) is 5.75 Å². The Hall–Kier alpha value is -1.94. The molecule has 0 atom stereocenters. The smallest absolute Gasteiger partial charge is 0.343 e. The van der Waals surface area contributed by atoms with Crippen LogP contribution in [0, 0.1) is 0 Å². The number of benzene rings is 2. The van der Waals surface area contributed by atoms with Crippen LogP contribution in [0.4, 0.5) is 5.69 Å². The van der Waals surface area contributed by atoms with Crippen LogP contribution in [0.1, 0.15) is 30.1 Å². The van der Waals surface area contributed by atoms with Crippen LogP contribution in [-0.2, 0) is 0 Å². The number of isothiocyanates is 1. The molecule has 0 aliphatic rings. The molecule has 0 N–H and O–H groups in total. The standard InChI is InChI=1S/C18H17NO2S2/c1-2-3-12-23-17-10-4-14(5-11-17)18(20)21-16-8-6-15(7-9-16)19-13-22/h4-11H,2-3,12H2,1H3. The molecule has 0 aromatic heterocycles. The molecule has 0 radical (unpaired) electrons. The minimum atomic E-state index is -0.374. The lowest BCUT2D eigenvalue weighted by atomic mass is 10.2. The van der Waals surface area contributed by atoms with E-state index in [9.17, 15) is 4.79 Å². The van der Waals surface area contributed by atoms with Crippen molar-refractivity contribution >= 4 is 40.8 Å². The van der Waals surface area contributed by atoms with Gasteiger partial charge in [0, 0.05) is 4.90 Å². The second-order valence-corrected chi connectivity index (χ2v) is 6.16. The number of aliphatic imine (C=N–C) groups is 1. The Balaban J connectivity index is 1.95. The average molecular weight is 343 g/mol. The molecule has 0 unspecified atom stereocenters. The van der Waals surface area contributed by atoms with Crippen LogP contribution in [0.15, 0.2) is 58.4 Å². The molecule has 2 rings (SSSR count). The van der Waals surface area contributed by atoms with Gasteiger partial charge in [-0.2, -0.15) is 4.99 Å². The molecule has 23 heavy (non-hydrogen) atoms. The molecular weight excluding hydrogens is 326 g/mol. The fraction of sp³-hybridized carbons (Fsp3) is 0.222. The maximum atomic E-state index is 12.1. The number of rotatable bonds is 7. The van der Waals surface area contributed by atoms with E-state index in [1.54, 1.807) is 48.2 Å². The van der Waals surface area contributed by atoms with Gasteiger partial charge in [0.15, 0.2) is 0 Å². The van der Waals surface area contributed by atoms with E-state index >= 15 is 0 Å². The van der Waals surface area contributed by atoms with Crippen LogP contribution >= 0.6 is 24.0 Å². The topological polar surface area (TPSA) is 38.7 Å². The normalized spacial score (nSPS) is 9.96. The molecule has 0 heterocycles. The van der Waals surface area contributed by atoms with Crippen molar-refractivity contribution in [3.05, 3.63) is 54.1 Å². The predicted octanol–water partition coefficient (Wildman–Crippen LogP) is 5.53. The fourth-order valence-corrected chi connectivity index (χ4v) is 2.93. The number of ether oxygens (including phenoxy) is 1. The zero-order chi connectivity index (χ0) is 16.5. The van der Waals surface area contributed by atoms with Gasteiger partial charge in [0.25, 0.3) is 0 Å². The lowest BCUT2D eigenvalue weighted by molar-refractivity contribution is 0.0734. The largest absolute Gasteiger partial charge is 0.423 e. The molecule has 3 nitrogen and oxygen atoms in total. The molecule has 0 saturated heterocycles. The molecule has 2 aromatic carbocycles. The number of unbranched alkanes of at least 4 members (excludes halogenated alkanes) is 1. The first-order valence-corrected chi connectivity index (χ1v) is 8.75. The first-order chi connectivity index (χ1) is 11.2. The summed E-state index contributed by atoms with van der Waals surface area (Å²) in [6.07, 6.45) is 2.38. The van der Waals surface area contributed by atoms with E-state index in [4.69, 9.17) is 4.74 Å². The van der Waals surface area contributed by atoms with Gasteiger partial charge in [0.2, 0.25) is 0 Å². The van der Waals surface area contributed by atoms with Gasteiger partial charge < -0.3 is 4.74 Å². The fourth-order valence-electron chi connectivity index (χ4n) is 1.83. The van der Waals surface area contributed by atoms with Crippen molar-refractivity contribution in [3.8, 4) is 5.75 Å². The van der Waals surface area contributed by atoms with Gasteiger partial charge in [-0.25, -0.2) is 4.79 Å². The maximum absolute atomic E-state index is 12.1. The summed E-state index contributed by atoms with van der Waals surface area (Å²) in [6.45, 7) is 2.17. The highest BCUT2D eigenvalue weighted by Gasteiger charge is 2.08. The van der Waals surface area contributed by atoms with Crippen molar-refractivity contribution in [2.75, 3.05) is 5.75 Å². The first-order valence-electron chi connectivity index (χ1n) is 7.36. The Bertz CT molecular complexity index is 690. The average Bonchev–Trinajstić information content (AvgIpc) is 2.58. The highest BCUT2D eigenvalue weighted by molar-refractivity contribution is 7.99. The number of thiocarbonyl (C=S) groups is 1. The quantitative estimate of drug-likeness (QED) is 0.165. The zero-order valence-electron chi connectivity index (χ0n) is 12.8. The first kappa shape index (κ1) is 17.4. The van der Waals surface area contributed by atoms with Crippen LogP contribution < -0.4 is 4.74 Å². The zero-order valence-corrected chi connectivity index (χ0v) is 14.5. The summed E-state index contributed by atoms with van der Waals surface area (Å²) in [7, 11) is 0. The van der Waals surface area contributed by atoms with Gasteiger partial charge >= 0.3 is 5.97 Å². The molecule has 0 aliphatic carbocycles. The number of hydrogen-bond donors (Lipinski definition) is 0. The summed E-state index contributed by atoms with van der Waals surface area (Å²) < 4.78 is 5.34. The maximum Gasteiger partial charge on any atom is 0.343 e. The van der Waals surface area contributed by atoms with Crippen molar-refractivity contribution in [2.45, 2.75) is 24.7 Å². The number of nitrogens with zero attached hydrogens (tertiary/aromatic N) is 1. The Morgan fingerprint density at radius 1 is 1.17 bits per heavy atom. The van der Waals surface area contributed by atoms with Crippen molar-refractivity contribution in [3.63, 3.8) is 0 Å². The summed E-state index contributed by atoms with van der Waals surface area (Å²) in [4.78, 5) is 17.1. The Morgan fingerprint density at radius 3 is 2.48 bits per heavy atom. The molecule has 0 amide bonds. The van der Waals surface area contributed by atoms with Crippen LogP contribution in [0.25, 0.3) is 0 Å². The molecule has 0 aliphatic heterocycles. The summed E-state index contributed by atoms with van der Waals surface area (Å²) in [5, 5.41) is 2.29. The highest BCUT2D eigenvalue weighted by Crippen LogP contribution is 2.21. The van der Waals surface area contributed by atoms with Crippen molar-refractivity contribution in [1.82, 2.24) is 0 Å². The van der Waals surface area contributed by atoms with E-state index in [1.807, 2.05) is 12.1 Å². The van der Waals surface area contributed by atoms with E-state index in [0.29, 0.717) is 17.0 Å². The van der Waals surface area contributed by atoms with Crippen LogP contribution in [0.2, 0.25) is 0 Å². The summed E-state index contributed by atoms with van der Waals surface area (Å²) in [6, 6.07) is 14.3. The third-order valence-corrected chi connectivity index (χ3v) is 4.27. The van der Waals surface area contributed by atoms with Crippen LogP contribution in [-0.4, -0.2) is 16.9 Å². The summed E-state index contributed by atoms with van der Waals surface area (Å²) >= 11 is 6.34. The molecule has 2 aromatic rings. The molecule has 0 bridgehead atoms. The van der Waals surface area contributed by atoms with Crippen molar-refractivity contribution in [1.29, 1.82) is 0 Å². The second kappa shape index (κ2) is 9.26. The lowest BCUT2D eigenvalue weighted by Gasteiger charge is -2.05. The monoisotopic (exact) mass is 343 g/mol. The minimum Gasteiger partial charge on any atom is -0.423 e. The van der Waals surface area contributed by atoms with Crippen molar-refractivity contribution in [2.24, 2.45) is 4.99 Å². The van der Waals surface area contributed by atoms with Gasteiger partial charge in [-0.3, -0.25) is 0 Å². The van der Waals surface area contributed by atoms with Gasteiger partial charge in [0.05, 0.1) is 16.4 Å². The van der Waals surface area contributed by atoms with E-state index in [1.165, 1.54) is 12.8 Å². The van der Waals surface area contributed by atoms with Gasteiger partial charge in [-0.1, -0.05) is 13.3 Å². The van der Waals surface area contributed by atoms with Crippen molar-refractivity contribution < 1.29 is 9.53 Å². The van der Waals surface area contributed by atoms with Gasteiger partial charge in [-0.05, 0) is 72.9 Å². The number of thioether (sulfide) groups is 1. The molecular formula is C18H17NO2S2. The van der Waals surface area contributed by atoms with E-state index in [-0.39, 0.29) is 5.97 Å². The highest BCUT2D eigenvalue weighted by atomic mass is 32.2.